The Morgan fingerprint density at radius 1 is 1.38 bits per heavy atom. The molecule has 0 amide bonds. The van der Waals surface area contributed by atoms with Crippen molar-refractivity contribution in [3.8, 4) is 0 Å². The first-order valence-corrected chi connectivity index (χ1v) is 6.25. The standard InChI is InChI=1S/C11H14ClNO.C2H6/c1-8-11(14-6-5-13-8)9-3-2-4-10(12)7-9;1-2/h2-4,7-8,11,13H,5-6H2,1H3;1-2H3/t8-,11?;/m1./s1. The Hall–Kier alpha value is -0.570. The van der Waals surface area contributed by atoms with Gasteiger partial charge in [-0.25, -0.2) is 0 Å². The number of morpholine rings is 1. The first-order chi connectivity index (χ1) is 7.77. The van der Waals surface area contributed by atoms with E-state index in [2.05, 4.69) is 18.3 Å². The lowest BCUT2D eigenvalue weighted by atomic mass is 10.0. The van der Waals surface area contributed by atoms with Gasteiger partial charge in [0.2, 0.25) is 0 Å². The van der Waals surface area contributed by atoms with E-state index in [0.717, 1.165) is 23.7 Å². The van der Waals surface area contributed by atoms with Crippen LogP contribution in [0.25, 0.3) is 0 Å². The van der Waals surface area contributed by atoms with Crippen LogP contribution in [0.4, 0.5) is 0 Å². The lowest BCUT2D eigenvalue weighted by Gasteiger charge is -2.30. The first-order valence-electron chi connectivity index (χ1n) is 5.88. The van der Waals surface area contributed by atoms with Crippen molar-refractivity contribution < 1.29 is 4.74 Å². The number of nitrogens with one attached hydrogen (secondary N) is 1. The highest BCUT2D eigenvalue weighted by molar-refractivity contribution is 6.30. The van der Waals surface area contributed by atoms with E-state index >= 15 is 0 Å². The maximum absolute atomic E-state index is 5.94. The monoisotopic (exact) mass is 241 g/mol. The second kappa shape index (κ2) is 6.89. The largest absolute Gasteiger partial charge is 0.371 e. The van der Waals surface area contributed by atoms with Gasteiger partial charge < -0.3 is 10.1 Å². The topological polar surface area (TPSA) is 21.3 Å². The number of ether oxygens (including phenoxy) is 1. The van der Waals surface area contributed by atoms with E-state index in [9.17, 15) is 0 Å². The second-order valence-electron chi connectivity index (χ2n) is 3.59. The lowest BCUT2D eigenvalue weighted by molar-refractivity contribution is -0.000217. The maximum Gasteiger partial charge on any atom is 0.0976 e. The van der Waals surface area contributed by atoms with Crippen molar-refractivity contribution in [3.63, 3.8) is 0 Å². The van der Waals surface area contributed by atoms with Gasteiger partial charge in [-0.2, -0.15) is 0 Å². The third kappa shape index (κ3) is 3.48. The predicted octanol–water partition coefficient (Wildman–Crippen LogP) is 3.42. The second-order valence-corrected chi connectivity index (χ2v) is 4.03. The molecule has 1 saturated heterocycles. The minimum absolute atomic E-state index is 0.127. The van der Waals surface area contributed by atoms with E-state index in [1.54, 1.807) is 0 Å². The van der Waals surface area contributed by atoms with E-state index in [4.69, 9.17) is 16.3 Å². The van der Waals surface area contributed by atoms with Gasteiger partial charge in [0, 0.05) is 17.6 Å². The normalized spacial score (nSPS) is 24.5. The van der Waals surface area contributed by atoms with Gasteiger partial charge in [-0.15, -0.1) is 0 Å². The summed E-state index contributed by atoms with van der Waals surface area (Å²) in [7, 11) is 0. The summed E-state index contributed by atoms with van der Waals surface area (Å²) in [6.45, 7) is 7.82. The molecule has 1 heterocycles. The molecule has 1 aromatic carbocycles. The minimum atomic E-state index is 0.127. The predicted molar refractivity (Wildman–Crippen MR) is 69.0 cm³/mol. The molecule has 0 aliphatic carbocycles. The van der Waals surface area contributed by atoms with Crippen molar-refractivity contribution in [2.45, 2.75) is 32.9 Å². The zero-order valence-electron chi connectivity index (χ0n) is 10.2. The first kappa shape index (κ1) is 13.5. The molecule has 0 radical (unpaired) electrons. The molecule has 1 aromatic rings. The Morgan fingerprint density at radius 3 is 2.75 bits per heavy atom. The van der Waals surface area contributed by atoms with Crippen molar-refractivity contribution >= 4 is 11.6 Å². The highest BCUT2D eigenvalue weighted by atomic mass is 35.5. The molecule has 2 nitrogen and oxygen atoms in total. The van der Waals surface area contributed by atoms with Crippen molar-refractivity contribution in [2.24, 2.45) is 0 Å². The van der Waals surface area contributed by atoms with Gasteiger partial charge in [-0.1, -0.05) is 37.6 Å². The van der Waals surface area contributed by atoms with Crippen LogP contribution in [0.5, 0.6) is 0 Å². The van der Waals surface area contributed by atoms with Gasteiger partial charge in [0.25, 0.3) is 0 Å². The molecule has 1 aliphatic rings. The molecule has 1 N–H and O–H groups in total. The molecule has 3 heteroatoms. The lowest BCUT2D eigenvalue weighted by Crippen LogP contribution is -2.41. The van der Waals surface area contributed by atoms with Crippen molar-refractivity contribution in [1.29, 1.82) is 0 Å². The molecule has 16 heavy (non-hydrogen) atoms. The summed E-state index contributed by atoms with van der Waals surface area (Å²) in [5, 5.41) is 4.15. The van der Waals surface area contributed by atoms with E-state index in [1.807, 2.05) is 32.0 Å². The van der Waals surface area contributed by atoms with Crippen LogP contribution < -0.4 is 5.32 Å². The number of benzene rings is 1. The maximum atomic E-state index is 5.94. The van der Waals surface area contributed by atoms with Gasteiger partial charge in [-0.3, -0.25) is 0 Å². The quantitative estimate of drug-likeness (QED) is 0.814. The van der Waals surface area contributed by atoms with Gasteiger partial charge in [-0.05, 0) is 24.6 Å². The zero-order chi connectivity index (χ0) is 12.0. The van der Waals surface area contributed by atoms with Gasteiger partial charge >= 0.3 is 0 Å². The molecule has 1 unspecified atom stereocenters. The highest BCUT2D eigenvalue weighted by Gasteiger charge is 2.22. The molecule has 2 rings (SSSR count). The molecule has 0 bridgehead atoms. The zero-order valence-corrected chi connectivity index (χ0v) is 10.9. The van der Waals surface area contributed by atoms with Crippen LogP contribution in [0.1, 0.15) is 32.4 Å². The molecule has 0 spiro atoms. The average molecular weight is 242 g/mol. The molecular weight excluding hydrogens is 222 g/mol. The number of hydrogen-bond donors (Lipinski definition) is 1. The highest BCUT2D eigenvalue weighted by Crippen LogP contribution is 2.25. The molecule has 0 aromatic heterocycles. The third-order valence-corrected chi connectivity index (χ3v) is 2.73. The van der Waals surface area contributed by atoms with Crippen molar-refractivity contribution in [3.05, 3.63) is 34.9 Å². The Bertz CT molecular complexity index is 317. The van der Waals surface area contributed by atoms with Crippen LogP contribution in [-0.2, 0) is 4.74 Å². The van der Waals surface area contributed by atoms with E-state index in [0.29, 0.717) is 6.04 Å². The van der Waals surface area contributed by atoms with Crippen molar-refractivity contribution in [2.75, 3.05) is 13.2 Å². The summed E-state index contributed by atoms with van der Waals surface area (Å²) < 4.78 is 5.71. The molecular formula is C13H20ClNO. The Kier molecular flexibility index (Phi) is 5.81. The average Bonchev–Trinajstić information content (AvgIpc) is 2.32. The SMILES string of the molecule is CC.C[C@H]1NCCOC1c1cccc(Cl)c1. The van der Waals surface area contributed by atoms with Crippen LogP contribution in [0.2, 0.25) is 5.02 Å². The summed E-state index contributed by atoms with van der Waals surface area (Å²) in [6.07, 6.45) is 0.127. The molecule has 1 aliphatic heterocycles. The van der Waals surface area contributed by atoms with Gasteiger partial charge in [0.05, 0.1) is 12.7 Å². The molecule has 90 valence electrons. The molecule has 1 fully saturated rings. The fourth-order valence-electron chi connectivity index (χ4n) is 1.79. The summed E-state index contributed by atoms with van der Waals surface area (Å²) in [6, 6.07) is 8.21. The Labute approximate surface area is 103 Å². The van der Waals surface area contributed by atoms with Gasteiger partial charge in [0.1, 0.15) is 0 Å². The van der Waals surface area contributed by atoms with E-state index in [-0.39, 0.29) is 6.10 Å². The third-order valence-electron chi connectivity index (χ3n) is 2.50. The molecule has 2 atom stereocenters. The van der Waals surface area contributed by atoms with Crippen LogP contribution in [0.15, 0.2) is 24.3 Å². The summed E-state index contributed by atoms with van der Waals surface area (Å²) in [5.41, 5.74) is 1.15. The fraction of sp³-hybridized carbons (Fsp3) is 0.538. The Balaban J connectivity index is 0.000000606. The van der Waals surface area contributed by atoms with E-state index < -0.39 is 0 Å². The van der Waals surface area contributed by atoms with Crippen molar-refractivity contribution in [1.82, 2.24) is 5.32 Å². The van der Waals surface area contributed by atoms with Crippen LogP contribution in [-0.4, -0.2) is 19.2 Å². The Morgan fingerprint density at radius 2 is 2.12 bits per heavy atom. The van der Waals surface area contributed by atoms with Crippen LogP contribution in [0.3, 0.4) is 0 Å². The fourth-order valence-corrected chi connectivity index (χ4v) is 1.99. The summed E-state index contributed by atoms with van der Waals surface area (Å²) >= 11 is 5.94. The van der Waals surface area contributed by atoms with Crippen LogP contribution >= 0.6 is 11.6 Å². The summed E-state index contributed by atoms with van der Waals surface area (Å²) in [4.78, 5) is 0. The van der Waals surface area contributed by atoms with Gasteiger partial charge in [0.15, 0.2) is 0 Å². The number of halogens is 1. The number of hydrogen-bond acceptors (Lipinski definition) is 2. The van der Waals surface area contributed by atoms with E-state index in [1.165, 1.54) is 0 Å². The summed E-state index contributed by atoms with van der Waals surface area (Å²) in [5.74, 6) is 0. The number of rotatable bonds is 1. The molecule has 0 saturated carbocycles. The smallest absolute Gasteiger partial charge is 0.0976 e. The van der Waals surface area contributed by atoms with Crippen LogP contribution in [0, 0.1) is 0 Å². The minimum Gasteiger partial charge on any atom is -0.371 e.